The van der Waals surface area contributed by atoms with Crippen LogP contribution in [0.3, 0.4) is 0 Å². The third kappa shape index (κ3) is 22.4. The van der Waals surface area contributed by atoms with E-state index in [2.05, 4.69) is 31.2 Å². The van der Waals surface area contributed by atoms with E-state index in [4.69, 9.17) is 4.74 Å². The molecule has 0 N–H and O–H groups in total. The molecule has 1 heterocycles. The number of carbonyl (C=O) groups is 1. The number of hydrogen-bond donors (Lipinski definition) is 0. The highest BCUT2D eigenvalue weighted by Gasteiger charge is 2.21. The predicted octanol–water partition coefficient (Wildman–Crippen LogP) is 11.7. The fourth-order valence-corrected chi connectivity index (χ4v) is 5.22. The van der Waals surface area contributed by atoms with Crippen molar-refractivity contribution in [3.8, 4) is 0 Å². The van der Waals surface area contributed by atoms with E-state index in [0.717, 1.165) is 18.4 Å². The maximum Gasteiger partial charge on any atom is 0.334 e. The van der Waals surface area contributed by atoms with Gasteiger partial charge in [0.2, 0.25) is 0 Å². The molecule has 0 amide bonds. The standard InChI is InChI=1S/C35H62O2/c1-3-4-5-6-7-8-9-10-11-12-13-14-15-16-17-18-19-20-21-22-23-24-25-26-27-28-29-30-31-34-32-33(2)37-35(34)36/h14-15,18-19,32-33H,3-13,16-17,20-31H2,1-2H3. The average Bonchev–Trinajstić information content (AvgIpc) is 3.22. The fourth-order valence-electron chi connectivity index (χ4n) is 5.22. The van der Waals surface area contributed by atoms with Gasteiger partial charge in [0.15, 0.2) is 0 Å². The molecule has 0 aromatic carbocycles. The van der Waals surface area contributed by atoms with Crippen LogP contribution in [0.4, 0.5) is 0 Å². The highest BCUT2D eigenvalue weighted by molar-refractivity contribution is 5.90. The Balaban J connectivity index is 1.72. The third-order valence-corrected chi connectivity index (χ3v) is 7.62. The molecule has 0 fully saturated rings. The molecule has 1 atom stereocenters. The molecule has 1 aliphatic rings. The van der Waals surface area contributed by atoms with Crippen LogP contribution in [0.1, 0.15) is 174 Å². The summed E-state index contributed by atoms with van der Waals surface area (Å²) in [5, 5.41) is 0. The van der Waals surface area contributed by atoms with E-state index in [1.165, 1.54) is 148 Å². The molecule has 0 radical (unpaired) electrons. The van der Waals surface area contributed by atoms with E-state index in [1.807, 2.05) is 13.0 Å². The maximum absolute atomic E-state index is 11.6. The number of ether oxygens (including phenoxy) is 1. The molecular formula is C35H62O2. The van der Waals surface area contributed by atoms with Gasteiger partial charge in [-0.05, 0) is 64.4 Å². The molecule has 2 nitrogen and oxygen atoms in total. The molecule has 0 aliphatic carbocycles. The highest BCUT2D eigenvalue weighted by Crippen LogP contribution is 2.20. The Kier molecular flexibility index (Phi) is 24.0. The SMILES string of the molecule is CCCCCCCCCCCCC=CCCC=CCCCCCCCCCCCCC1=CC(C)OC1=O. The first-order chi connectivity index (χ1) is 18.2. The Labute approximate surface area is 231 Å². The van der Waals surface area contributed by atoms with E-state index < -0.39 is 0 Å². The Bertz CT molecular complexity index is 600. The number of cyclic esters (lactones) is 1. The van der Waals surface area contributed by atoms with Gasteiger partial charge in [0.1, 0.15) is 6.10 Å². The summed E-state index contributed by atoms with van der Waals surface area (Å²) in [5.41, 5.74) is 0.897. The van der Waals surface area contributed by atoms with Gasteiger partial charge < -0.3 is 4.74 Å². The van der Waals surface area contributed by atoms with Crippen LogP contribution in [0.2, 0.25) is 0 Å². The molecule has 0 aromatic heterocycles. The quantitative estimate of drug-likeness (QED) is 0.0619. The predicted molar refractivity (Wildman–Crippen MR) is 163 cm³/mol. The van der Waals surface area contributed by atoms with Crippen LogP contribution in [0.25, 0.3) is 0 Å². The first kappa shape index (κ1) is 33.7. The summed E-state index contributed by atoms with van der Waals surface area (Å²) in [7, 11) is 0. The zero-order valence-corrected chi connectivity index (χ0v) is 25.0. The largest absolute Gasteiger partial charge is 0.455 e. The number of carbonyl (C=O) groups excluding carboxylic acids is 1. The van der Waals surface area contributed by atoms with Crippen LogP contribution in [0, 0.1) is 0 Å². The van der Waals surface area contributed by atoms with Crippen LogP contribution >= 0.6 is 0 Å². The van der Waals surface area contributed by atoms with Crippen molar-refractivity contribution in [2.45, 2.75) is 180 Å². The third-order valence-electron chi connectivity index (χ3n) is 7.62. The molecular weight excluding hydrogens is 452 g/mol. The van der Waals surface area contributed by atoms with Gasteiger partial charge >= 0.3 is 5.97 Å². The van der Waals surface area contributed by atoms with E-state index in [9.17, 15) is 4.79 Å². The lowest BCUT2D eigenvalue weighted by Crippen LogP contribution is -2.03. The summed E-state index contributed by atoms with van der Waals surface area (Å²) < 4.78 is 5.15. The van der Waals surface area contributed by atoms with Crippen molar-refractivity contribution < 1.29 is 9.53 Å². The lowest BCUT2D eigenvalue weighted by molar-refractivity contribution is -0.139. The van der Waals surface area contributed by atoms with Gasteiger partial charge in [0.05, 0.1) is 0 Å². The molecule has 0 spiro atoms. The Morgan fingerprint density at radius 2 is 0.946 bits per heavy atom. The van der Waals surface area contributed by atoms with Gasteiger partial charge in [0, 0.05) is 5.57 Å². The molecule has 1 rings (SSSR count). The first-order valence-corrected chi connectivity index (χ1v) is 16.5. The van der Waals surface area contributed by atoms with E-state index in [1.54, 1.807) is 0 Å². The molecule has 0 saturated heterocycles. The van der Waals surface area contributed by atoms with Crippen molar-refractivity contribution in [2.75, 3.05) is 0 Å². The van der Waals surface area contributed by atoms with Gasteiger partial charge in [-0.15, -0.1) is 0 Å². The van der Waals surface area contributed by atoms with Gasteiger partial charge in [-0.2, -0.15) is 0 Å². The minimum Gasteiger partial charge on any atom is -0.455 e. The van der Waals surface area contributed by atoms with E-state index in [0.29, 0.717) is 0 Å². The summed E-state index contributed by atoms with van der Waals surface area (Å²) >= 11 is 0. The lowest BCUT2D eigenvalue weighted by atomic mass is 10.0. The smallest absolute Gasteiger partial charge is 0.334 e. The van der Waals surface area contributed by atoms with Crippen molar-refractivity contribution in [3.63, 3.8) is 0 Å². The van der Waals surface area contributed by atoms with Gasteiger partial charge in [-0.3, -0.25) is 0 Å². The molecule has 0 aromatic rings. The van der Waals surface area contributed by atoms with E-state index >= 15 is 0 Å². The summed E-state index contributed by atoms with van der Waals surface area (Å²) in [6, 6.07) is 0. The summed E-state index contributed by atoms with van der Waals surface area (Å²) in [6.07, 6.45) is 44.9. The van der Waals surface area contributed by atoms with Crippen molar-refractivity contribution in [3.05, 3.63) is 36.0 Å². The van der Waals surface area contributed by atoms with Crippen LogP contribution < -0.4 is 0 Å². The van der Waals surface area contributed by atoms with Crippen LogP contribution in [-0.2, 0) is 9.53 Å². The second-order valence-electron chi connectivity index (χ2n) is 11.4. The molecule has 0 bridgehead atoms. The molecule has 0 saturated carbocycles. The summed E-state index contributed by atoms with van der Waals surface area (Å²) in [5.74, 6) is -0.0924. The number of allylic oxidation sites excluding steroid dienone is 4. The number of unbranched alkanes of at least 4 members (excludes halogenated alkanes) is 21. The van der Waals surface area contributed by atoms with Gasteiger partial charge in [0.25, 0.3) is 0 Å². The van der Waals surface area contributed by atoms with Crippen LogP contribution in [0.15, 0.2) is 36.0 Å². The second kappa shape index (κ2) is 26.3. The summed E-state index contributed by atoms with van der Waals surface area (Å²) in [6.45, 7) is 4.22. The van der Waals surface area contributed by atoms with Crippen LogP contribution in [0.5, 0.6) is 0 Å². The number of esters is 1. The zero-order chi connectivity index (χ0) is 26.7. The van der Waals surface area contributed by atoms with Crippen molar-refractivity contribution in [1.29, 1.82) is 0 Å². The Hall–Kier alpha value is -1.31. The van der Waals surface area contributed by atoms with E-state index in [-0.39, 0.29) is 12.1 Å². The van der Waals surface area contributed by atoms with Crippen molar-refractivity contribution in [2.24, 2.45) is 0 Å². The monoisotopic (exact) mass is 514 g/mol. The van der Waals surface area contributed by atoms with Gasteiger partial charge in [-0.1, -0.05) is 140 Å². The molecule has 2 heteroatoms. The first-order valence-electron chi connectivity index (χ1n) is 16.5. The Morgan fingerprint density at radius 3 is 1.35 bits per heavy atom. The normalized spacial score (nSPS) is 15.8. The van der Waals surface area contributed by atoms with Crippen molar-refractivity contribution >= 4 is 5.97 Å². The van der Waals surface area contributed by atoms with Crippen molar-refractivity contribution in [1.82, 2.24) is 0 Å². The molecule has 214 valence electrons. The fraction of sp³-hybridized carbons (Fsp3) is 0.800. The summed E-state index contributed by atoms with van der Waals surface area (Å²) in [4.78, 5) is 11.6. The molecule has 37 heavy (non-hydrogen) atoms. The average molecular weight is 515 g/mol. The zero-order valence-electron chi connectivity index (χ0n) is 25.0. The lowest BCUT2D eigenvalue weighted by Gasteiger charge is -2.03. The number of rotatable bonds is 27. The molecule has 1 unspecified atom stereocenters. The van der Waals surface area contributed by atoms with Gasteiger partial charge in [-0.25, -0.2) is 4.79 Å². The topological polar surface area (TPSA) is 26.3 Å². The highest BCUT2D eigenvalue weighted by atomic mass is 16.5. The Morgan fingerprint density at radius 1 is 0.568 bits per heavy atom. The minimum absolute atomic E-state index is 0.0188. The minimum atomic E-state index is -0.0924. The molecule has 1 aliphatic heterocycles. The number of hydrogen-bond acceptors (Lipinski definition) is 2. The van der Waals surface area contributed by atoms with Crippen LogP contribution in [-0.4, -0.2) is 12.1 Å². The maximum atomic E-state index is 11.6. The second-order valence-corrected chi connectivity index (χ2v) is 11.4.